The molecule has 222 valence electrons. The number of rotatable bonds is 7. The molecule has 4 heterocycles. The third kappa shape index (κ3) is 7.44. The van der Waals surface area contributed by atoms with Gasteiger partial charge in [0.2, 0.25) is 0 Å². The number of carbonyl (C=O) groups is 2. The Kier molecular flexibility index (Phi) is 9.68. The van der Waals surface area contributed by atoms with Crippen LogP contribution in [0.1, 0.15) is 35.7 Å². The van der Waals surface area contributed by atoms with Gasteiger partial charge in [0, 0.05) is 56.2 Å². The fourth-order valence-corrected chi connectivity index (χ4v) is 5.42. The fourth-order valence-electron chi connectivity index (χ4n) is 4.97. The van der Waals surface area contributed by atoms with Crippen molar-refractivity contribution < 1.29 is 27.9 Å². The van der Waals surface area contributed by atoms with Gasteiger partial charge < -0.3 is 25.1 Å². The second-order valence-corrected chi connectivity index (χ2v) is 10.7. The van der Waals surface area contributed by atoms with E-state index in [4.69, 9.17) is 9.90 Å². The highest BCUT2D eigenvalue weighted by Gasteiger charge is 2.38. The number of nitrogens with zero attached hydrogens (tertiary/aromatic N) is 6. The Balaban J connectivity index is 0.000000493. The first-order chi connectivity index (χ1) is 19.5. The molecule has 2 aliphatic heterocycles. The lowest BCUT2D eigenvalue weighted by molar-refractivity contribution is -0.192. The van der Waals surface area contributed by atoms with Crippen LogP contribution in [-0.4, -0.2) is 100 Å². The minimum absolute atomic E-state index is 0.0932. The molecule has 0 unspecified atom stereocenters. The molecule has 41 heavy (non-hydrogen) atoms. The zero-order valence-corrected chi connectivity index (χ0v) is 24.3. The van der Waals surface area contributed by atoms with Crippen LogP contribution in [0.15, 0.2) is 23.1 Å². The molecule has 0 bridgehead atoms. The Morgan fingerprint density at radius 2 is 1.71 bits per heavy atom. The quantitative estimate of drug-likeness (QED) is 0.325. The van der Waals surface area contributed by atoms with E-state index in [0.717, 1.165) is 72.0 Å². The molecule has 2 aromatic heterocycles. The summed E-state index contributed by atoms with van der Waals surface area (Å²) >= 11 is 3.54. The van der Waals surface area contributed by atoms with Crippen LogP contribution in [0.4, 0.5) is 30.4 Å². The Morgan fingerprint density at radius 3 is 2.32 bits per heavy atom. The number of ketones is 1. The number of aliphatic carboxylic acids is 1. The summed E-state index contributed by atoms with van der Waals surface area (Å²) in [5.74, 6) is -1.77. The van der Waals surface area contributed by atoms with E-state index in [9.17, 15) is 18.0 Å². The molecule has 0 spiro atoms. The average molecular weight is 641 g/mol. The first-order valence-electron chi connectivity index (χ1n) is 13.2. The number of H-pyrrole nitrogens is 1. The number of likely N-dealkylation sites (tertiary alicyclic amines) is 1. The van der Waals surface area contributed by atoms with Gasteiger partial charge >= 0.3 is 12.1 Å². The molecule has 0 aliphatic carbocycles. The van der Waals surface area contributed by atoms with Crippen molar-refractivity contribution >= 4 is 55.9 Å². The number of carboxylic acid groups (broad SMARTS) is 1. The minimum atomic E-state index is -5.08. The van der Waals surface area contributed by atoms with E-state index in [1.165, 1.54) is 31.5 Å². The van der Waals surface area contributed by atoms with Crippen LogP contribution in [0.2, 0.25) is 0 Å². The number of aromatic amines is 1. The molecule has 3 N–H and O–H groups in total. The maximum Gasteiger partial charge on any atom is 0.490 e. The molecule has 5 rings (SSSR count). The van der Waals surface area contributed by atoms with Gasteiger partial charge in [0.05, 0.1) is 5.39 Å². The summed E-state index contributed by atoms with van der Waals surface area (Å²) in [6.07, 6.45) is -0.919. The van der Waals surface area contributed by atoms with E-state index < -0.39 is 12.1 Å². The van der Waals surface area contributed by atoms with Crippen LogP contribution in [0, 0.1) is 6.92 Å². The molecule has 2 aliphatic rings. The predicted octanol–water partition coefficient (Wildman–Crippen LogP) is 4.09. The minimum Gasteiger partial charge on any atom is -0.475 e. The van der Waals surface area contributed by atoms with Crippen molar-refractivity contribution in [1.29, 1.82) is 0 Å². The van der Waals surface area contributed by atoms with E-state index in [2.05, 4.69) is 69.1 Å². The highest BCUT2D eigenvalue weighted by molar-refractivity contribution is 9.10. The third-order valence-corrected chi connectivity index (χ3v) is 7.75. The summed E-state index contributed by atoms with van der Waals surface area (Å²) < 4.78 is 32.5. The normalized spacial score (nSPS) is 16.0. The van der Waals surface area contributed by atoms with Crippen molar-refractivity contribution in [2.24, 2.45) is 0 Å². The van der Waals surface area contributed by atoms with Gasteiger partial charge in [0.25, 0.3) is 0 Å². The van der Waals surface area contributed by atoms with E-state index in [0.29, 0.717) is 5.65 Å². The lowest BCUT2D eigenvalue weighted by Gasteiger charge is -2.38. The maximum atomic E-state index is 12.3. The first kappa shape index (κ1) is 30.5. The number of carboxylic acids is 1. The number of piperazine rings is 1. The second kappa shape index (κ2) is 13.0. The van der Waals surface area contributed by atoms with Crippen molar-refractivity contribution in [3.05, 3.63) is 34.2 Å². The summed E-state index contributed by atoms with van der Waals surface area (Å²) in [6, 6.07) is 4.06. The highest BCUT2D eigenvalue weighted by Crippen LogP contribution is 2.33. The van der Waals surface area contributed by atoms with Crippen molar-refractivity contribution in [2.75, 3.05) is 67.5 Å². The van der Waals surface area contributed by atoms with Gasteiger partial charge in [-0.1, -0.05) is 0 Å². The summed E-state index contributed by atoms with van der Waals surface area (Å²) in [5.41, 5.74) is 4.81. The number of aromatic nitrogens is 4. The van der Waals surface area contributed by atoms with Gasteiger partial charge in [-0.05, 0) is 73.4 Å². The average Bonchev–Trinajstić information content (AvgIpc) is 3.59. The molecule has 2 saturated heterocycles. The standard InChI is InChI=1S/C24H31BrN8O.C2HF3O2/c1-16-19(26-5-8-31-6-3-4-7-31)13-18(17(2)34)14-20(16)32-9-11-33(12-10-32)24-21-22(25)29-30-23(21)27-15-28-24;3-2(4,5)1(6)7/h13-15,26H,3-12H2,1-2H3,(H,27,28,29,30);(H,6,7). The Hall–Kier alpha value is -3.46. The smallest absolute Gasteiger partial charge is 0.475 e. The van der Waals surface area contributed by atoms with Gasteiger partial charge in [0.1, 0.15) is 16.7 Å². The van der Waals surface area contributed by atoms with Crippen molar-refractivity contribution in [1.82, 2.24) is 25.1 Å². The number of alkyl halides is 3. The summed E-state index contributed by atoms with van der Waals surface area (Å²) in [4.78, 5) is 37.2. The molecule has 0 amide bonds. The van der Waals surface area contributed by atoms with E-state index in [-0.39, 0.29) is 5.78 Å². The molecule has 15 heteroatoms. The van der Waals surface area contributed by atoms with E-state index >= 15 is 0 Å². The number of hydrogen-bond donors (Lipinski definition) is 3. The van der Waals surface area contributed by atoms with Gasteiger partial charge in [-0.25, -0.2) is 14.8 Å². The largest absolute Gasteiger partial charge is 0.490 e. The monoisotopic (exact) mass is 640 g/mol. The van der Waals surface area contributed by atoms with Crippen LogP contribution in [0.5, 0.6) is 0 Å². The molecule has 2 fully saturated rings. The Labute approximate surface area is 243 Å². The molecule has 3 aromatic rings. The van der Waals surface area contributed by atoms with Crippen molar-refractivity contribution in [3.8, 4) is 0 Å². The SMILES string of the molecule is CC(=O)c1cc(NCCN2CCCC2)c(C)c(N2CCN(c3ncnc4n[nH]c(Br)c34)CC2)c1.O=C(O)C(F)(F)F. The first-order valence-corrected chi connectivity index (χ1v) is 14.0. The number of Topliss-reactive ketones (excluding diaryl/α,β-unsaturated/α-hetero) is 1. The summed E-state index contributed by atoms with van der Waals surface area (Å²) in [5, 5.41) is 18.8. The highest BCUT2D eigenvalue weighted by atomic mass is 79.9. The lowest BCUT2D eigenvalue weighted by atomic mass is 10.0. The Morgan fingerprint density at radius 1 is 1.07 bits per heavy atom. The number of anilines is 3. The number of fused-ring (bicyclic) bond motifs is 1. The van der Waals surface area contributed by atoms with Gasteiger partial charge in [-0.3, -0.25) is 9.89 Å². The van der Waals surface area contributed by atoms with Crippen LogP contribution in [0.25, 0.3) is 11.0 Å². The zero-order valence-electron chi connectivity index (χ0n) is 22.8. The third-order valence-electron chi connectivity index (χ3n) is 7.18. The molecular weight excluding hydrogens is 609 g/mol. The topological polar surface area (TPSA) is 131 Å². The molecular formula is C26H32BrF3N8O3. The molecule has 0 saturated carbocycles. The van der Waals surface area contributed by atoms with Crippen molar-refractivity contribution in [3.63, 3.8) is 0 Å². The van der Waals surface area contributed by atoms with Gasteiger partial charge in [0.15, 0.2) is 11.4 Å². The van der Waals surface area contributed by atoms with Crippen LogP contribution < -0.4 is 15.1 Å². The molecule has 11 nitrogen and oxygen atoms in total. The number of halogens is 4. The molecule has 0 radical (unpaired) electrons. The zero-order chi connectivity index (χ0) is 29.7. The maximum absolute atomic E-state index is 12.3. The predicted molar refractivity (Wildman–Crippen MR) is 153 cm³/mol. The van der Waals surface area contributed by atoms with Crippen LogP contribution in [0.3, 0.4) is 0 Å². The van der Waals surface area contributed by atoms with Gasteiger partial charge in [-0.15, -0.1) is 0 Å². The van der Waals surface area contributed by atoms with Gasteiger partial charge in [-0.2, -0.15) is 18.3 Å². The number of nitrogens with one attached hydrogen (secondary N) is 2. The summed E-state index contributed by atoms with van der Waals surface area (Å²) in [7, 11) is 0. The van der Waals surface area contributed by atoms with Crippen LogP contribution >= 0.6 is 15.9 Å². The van der Waals surface area contributed by atoms with E-state index in [1.54, 1.807) is 13.3 Å². The van der Waals surface area contributed by atoms with Crippen molar-refractivity contribution in [2.45, 2.75) is 32.9 Å². The van der Waals surface area contributed by atoms with E-state index in [1.807, 2.05) is 6.07 Å². The summed E-state index contributed by atoms with van der Waals surface area (Å²) in [6.45, 7) is 11.4. The second-order valence-electron chi connectivity index (χ2n) is 9.91. The molecule has 0 atom stereocenters. The fraction of sp³-hybridized carbons (Fsp3) is 0.500. The molecule has 1 aromatic carbocycles. The number of carbonyl (C=O) groups excluding carboxylic acids is 1. The lowest BCUT2D eigenvalue weighted by Crippen LogP contribution is -2.47. The number of benzene rings is 1. The number of hydrogen-bond acceptors (Lipinski definition) is 9. The van der Waals surface area contributed by atoms with Crippen LogP contribution in [-0.2, 0) is 4.79 Å². The Bertz CT molecular complexity index is 1390.